The monoisotopic (exact) mass is 833 g/mol. The van der Waals surface area contributed by atoms with E-state index in [1.807, 2.05) is 42.5 Å². The third-order valence-corrected chi connectivity index (χ3v) is 12.3. The highest BCUT2D eigenvalue weighted by molar-refractivity contribution is 5.98. The Morgan fingerprint density at radius 1 is 0.492 bits per heavy atom. The van der Waals surface area contributed by atoms with Crippen molar-refractivity contribution in [3.63, 3.8) is 0 Å². The summed E-state index contributed by atoms with van der Waals surface area (Å²) in [4.78, 5) is 10.5. The van der Waals surface area contributed by atoms with Crippen molar-refractivity contribution in [2.45, 2.75) is 112 Å². The molecule has 8 aromatic rings. The number of pyridine rings is 1. The van der Waals surface area contributed by atoms with E-state index in [9.17, 15) is 5.11 Å². The van der Waals surface area contributed by atoms with Gasteiger partial charge in [-0.05, 0) is 115 Å². The Morgan fingerprint density at radius 3 is 1.68 bits per heavy atom. The maximum Gasteiger partial charge on any atom is 0.149 e. The molecule has 0 fully saturated rings. The fraction of sp³-hybridized carbons (Fsp3) is 0.288. The summed E-state index contributed by atoms with van der Waals surface area (Å²) in [7, 11) is 0. The highest BCUT2D eigenvalue weighted by Crippen LogP contribution is 2.46. The molecule has 0 atom stereocenters. The van der Waals surface area contributed by atoms with E-state index in [-0.39, 0.29) is 33.0 Å². The molecular weight excluding hydrogens is 767 g/mol. The zero-order valence-electron chi connectivity index (χ0n) is 42.1. The first-order valence-corrected chi connectivity index (χ1v) is 22.1. The third kappa shape index (κ3) is 8.48. The highest BCUT2D eigenvalue weighted by atomic mass is 16.3. The molecular formula is C59H63N3O. The predicted octanol–water partition coefficient (Wildman–Crippen LogP) is 16.0. The van der Waals surface area contributed by atoms with Gasteiger partial charge in [-0.1, -0.05) is 174 Å². The van der Waals surface area contributed by atoms with Gasteiger partial charge in [-0.25, -0.2) is 4.98 Å². The predicted molar refractivity (Wildman–Crippen MR) is 267 cm³/mol. The molecule has 4 heteroatoms. The summed E-state index contributed by atoms with van der Waals surface area (Å²) in [6, 6.07) is 46.1. The molecule has 0 saturated heterocycles. The lowest BCUT2D eigenvalue weighted by Gasteiger charge is -2.28. The van der Waals surface area contributed by atoms with Crippen LogP contribution in [0.1, 0.15) is 115 Å². The molecule has 0 aliphatic heterocycles. The first-order chi connectivity index (χ1) is 30.8. The number of aromatic hydroxyl groups is 1. The number of para-hydroxylation sites is 1. The van der Waals surface area contributed by atoms with Crippen molar-refractivity contribution in [2.24, 2.45) is 0 Å². The van der Waals surface area contributed by atoms with Crippen LogP contribution in [0, 0.1) is 6.85 Å². The number of hydrogen-bond acceptors (Lipinski definition) is 3. The second kappa shape index (κ2) is 15.8. The lowest BCUT2D eigenvalue weighted by atomic mass is 9.79. The number of imidazole rings is 1. The quantitative estimate of drug-likeness (QED) is 0.182. The Labute approximate surface area is 380 Å². The van der Waals surface area contributed by atoms with E-state index >= 15 is 0 Å². The smallest absolute Gasteiger partial charge is 0.149 e. The molecule has 0 saturated carbocycles. The Morgan fingerprint density at radius 2 is 1.08 bits per heavy atom. The third-order valence-electron chi connectivity index (χ3n) is 12.3. The standard InChI is InChI=1S/C59H63N3O/c1-37-36-60-50(35-46(37)38-21-16-14-17-22-38)41-29-40(30-43(31-41)57(5,6)7)45-25-20-26-52-53(45)61-55(48-33-44(58(8,9)10)34-49(54(48)63)59(11,12)13)62(52)51-28-27-42(56(2,3)4)32-47(51)39-23-18-15-19-24-39/h14-36,63H,1-13H3/i1D3. The van der Waals surface area contributed by atoms with E-state index in [1.54, 1.807) is 0 Å². The summed E-state index contributed by atoms with van der Waals surface area (Å²) >= 11 is 0. The van der Waals surface area contributed by atoms with Gasteiger partial charge < -0.3 is 5.11 Å². The van der Waals surface area contributed by atoms with Crippen molar-refractivity contribution in [3.8, 4) is 67.5 Å². The van der Waals surface area contributed by atoms with Crippen LogP contribution >= 0.6 is 0 Å². The van der Waals surface area contributed by atoms with E-state index in [2.05, 4.69) is 179 Å². The molecule has 0 unspecified atom stereocenters. The van der Waals surface area contributed by atoms with Gasteiger partial charge in [-0.15, -0.1) is 0 Å². The molecule has 4 nitrogen and oxygen atoms in total. The molecule has 0 spiro atoms. The molecule has 320 valence electrons. The molecule has 63 heavy (non-hydrogen) atoms. The van der Waals surface area contributed by atoms with E-state index in [1.165, 1.54) is 11.8 Å². The number of rotatable bonds is 6. The van der Waals surface area contributed by atoms with Crippen molar-refractivity contribution in [2.75, 3.05) is 0 Å². The summed E-state index contributed by atoms with van der Waals surface area (Å²) in [5, 5.41) is 12.6. The van der Waals surface area contributed by atoms with Gasteiger partial charge in [0, 0.05) is 32.6 Å². The first-order valence-electron chi connectivity index (χ1n) is 23.6. The lowest BCUT2D eigenvalue weighted by molar-refractivity contribution is 0.446. The van der Waals surface area contributed by atoms with E-state index in [4.69, 9.17) is 14.1 Å². The highest BCUT2D eigenvalue weighted by Gasteiger charge is 2.30. The van der Waals surface area contributed by atoms with Crippen molar-refractivity contribution in [1.82, 2.24) is 14.5 Å². The largest absolute Gasteiger partial charge is 0.507 e. The fourth-order valence-corrected chi connectivity index (χ4v) is 8.45. The topological polar surface area (TPSA) is 50.9 Å². The number of aryl methyl sites for hydroxylation is 1. The Bertz CT molecular complexity index is 3100. The molecule has 0 aliphatic carbocycles. The molecule has 0 aliphatic rings. The summed E-state index contributed by atoms with van der Waals surface area (Å²) in [5.41, 5.74) is 13.9. The molecule has 0 amide bonds. The van der Waals surface area contributed by atoms with Gasteiger partial charge in [0.15, 0.2) is 0 Å². The number of nitrogens with zero attached hydrogens (tertiary/aromatic N) is 3. The normalized spacial score (nSPS) is 13.5. The number of aromatic nitrogens is 3. The van der Waals surface area contributed by atoms with Crippen LogP contribution in [-0.2, 0) is 21.7 Å². The zero-order valence-corrected chi connectivity index (χ0v) is 39.1. The van der Waals surface area contributed by atoms with Gasteiger partial charge in [0.25, 0.3) is 0 Å². The van der Waals surface area contributed by atoms with Crippen molar-refractivity contribution >= 4 is 11.0 Å². The summed E-state index contributed by atoms with van der Waals surface area (Å²) in [6.07, 6.45) is 1.52. The second-order valence-corrected chi connectivity index (χ2v) is 21.2. The molecule has 1 N–H and O–H groups in total. The minimum Gasteiger partial charge on any atom is -0.507 e. The maximum absolute atomic E-state index is 12.6. The molecule has 2 aromatic heterocycles. The van der Waals surface area contributed by atoms with Gasteiger partial charge >= 0.3 is 0 Å². The zero-order chi connectivity index (χ0) is 47.7. The van der Waals surface area contributed by atoms with E-state index in [0.717, 1.165) is 66.8 Å². The van der Waals surface area contributed by atoms with E-state index in [0.29, 0.717) is 22.6 Å². The maximum atomic E-state index is 12.6. The average molecular weight is 833 g/mol. The summed E-state index contributed by atoms with van der Waals surface area (Å²) in [5.74, 6) is 0.868. The number of phenolic OH excluding ortho intramolecular Hbond substituents is 1. The molecule has 0 radical (unpaired) electrons. The van der Waals surface area contributed by atoms with Crippen LogP contribution in [0.4, 0.5) is 0 Å². The van der Waals surface area contributed by atoms with Crippen LogP contribution in [0.15, 0.2) is 140 Å². The fourth-order valence-electron chi connectivity index (χ4n) is 8.45. The summed E-state index contributed by atoms with van der Waals surface area (Å²) < 4.78 is 27.4. The van der Waals surface area contributed by atoms with Crippen LogP contribution < -0.4 is 0 Å². The lowest BCUT2D eigenvalue weighted by Crippen LogP contribution is -2.17. The van der Waals surface area contributed by atoms with Gasteiger partial charge in [-0.2, -0.15) is 0 Å². The minimum atomic E-state index is -2.34. The number of hydrogen-bond donors (Lipinski definition) is 1. The van der Waals surface area contributed by atoms with Gasteiger partial charge in [0.05, 0.1) is 28.0 Å². The van der Waals surface area contributed by atoms with Crippen LogP contribution in [0.5, 0.6) is 5.75 Å². The van der Waals surface area contributed by atoms with Crippen molar-refractivity contribution in [3.05, 3.63) is 167 Å². The Hall–Kier alpha value is -6.26. The molecule has 0 bridgehead atoms. The van der Waals surface area contributed by atoms with Gasteiger partial charge in [-0.3, -0.25) is 9.55 Å². The van der Waals surface area contributed by atoms with Crippen LogP contribution in [0.3, 0.4) is 0 Å². The summed E-state index contributed by atoms with van der Waals surface area (Å²) in [6.45, 7) is 24.1. The number of fused-ring (bicyclic) bond motifs is 1. The number of phenols is 1. The van der Waals surface area contributed by atoms with Gasteiger partial charge in [0.2, 0.25) is 0 Å². The molecule has 8 rings (SSSR count). The van der Waals surface area contributed by atoms with Crippen molar-refractivity contribution in [1.29, 1.82) is 0 Å². The van der Waals surface area contributed by atoms with Crippen LogP contribution in [0.25, 0.3) is 72.7 Å². The van der Waals surface area contributed by atoms with Gasteiger partial charge in [0.1, 0.15) is 11.6 Å². The SMILES string of the molecule is [2H]C([2H])([2H])c1cnc(-c2cc(-c3cccc4c3nc(-c3cc(C(C)(C)C)cc(C(C)(C)C)c3O)n4-c3ccc(C(C)(C)C)cc3-c3ccccc3)cc(C(C)(C)C)c2)cc1-c1ccccc1. The van der Waals surface area contributed by atoms with E-state index < -0.39 is 6.85 Å². The first kappa shape index (κ1) is 39.6. The number of benzene rings is 6. The average Bonchev–Trinajstić information content (AvgIpc) is 3.64. The second-order valence-electron chi connectivity index (χ2n) is 21.2. The van der Waals surface area contributed by atoms with Crippen LogP contribution in [-0.4, -0.2) is 19.6 Å². The minimum absolute atomic E-state index is 0.102. The molecule has 6 aromatic carbocycles. The van der Waals surface area contributed by atoms with Crippen LogP contribution in [0.2, 0.25) is 0 Å². The van der Waals surface area contributed by atoms with Crippen molar-refractivity contribution < 1.29 is 9.22 Å². The Kier molecular flexibility index (Phi) is 9.94. The molecule has 2 heterocycles. The Balaban J connectivity index is 1.47.